The van der Waals surface area contributed by atoms with Crippen molar-refractivity contribution < 1.29 is 14.3 Å². The number of methoxy groups -OCH3 is 2. The van der Waals surface area contributed by atoms with Crippen molar-refractivity contribution in [1.29, 1.82) is 0 Å². The van der Waals surface area contributed by atoms with Gasteiger partial charge in [-0.2, -0.15) is 0 Å². The summed E-state index contributed by atoms with van der Waals surface area (Å²) < 4.78 is 8.87. The highest BCUT2D eigenvalue weighted by molar-refractivity contribution is 5.67. The first-order chi connectivity index (χ1) is 5.27. The number of hydrogen-bond acceptors (Lipinski definition) is 6. The van der Waals surface area contributed by atoms with Crippen LogP contribution in [-0.2, 0) is 4.74 Å². The summed E-state index contributed by atoms with van der Waals surface area (Å²) in [6.45, 7) is 0. The first-order valence-corrected chi connectivity index (χ1v) is 2.70. The topological polar surface area (TPSA) is 79.1 Å². The van der Waals surface area contributed by atoms with E-state index in [0.29, 0.717) is 4.80 Å². The second-order valence-electron chi connectivity index (χ2n) is 1.54. The van der Waals surface area contributed by atoms with Crippen LogP contribution >= 0.6 is 0 Å². The van der Waals surface area contributed by atoms with Crippen molar-refractivity contribution >= 4 is 6.09 Å². The van der Waals surface area contributed by atoms with E-state index in [9.17, 15) is 4.79 Å². The number of rotatable bonds is 1. The van der Waals surface area contributed by atoms with Crippen molar-refractivity contribution in [2.75, 3.05) is 14.2 Å². The van der Waals surface area contributed by atoms with Gasteiger partial charge in [-0.05, 0) is 5.21 Å². The second kappa shape index (κ2) is 2.95. The molecule has 1 heterocycles. The van der Waals surface area contributed by atoms with Gasteiger partial charge in [0.1, 0.15) is 0 Å². The Morgan fingerprint density at radius 2 is 2.27 bits per heavy atom. The van der Waals surface area contributed by atoms with Gasteiger partial charge in [0.25, 0.3) is 0 Å². The fourth-order valence-corrected chi connectivity index (χ4v) is 0.442. The number of aromatic nitrogens is 4. The Bertz CT molecular complexity index is 258. The molecule has 7 heteroatoms. The fraction of sp³-hybridized carbons (Fsp3) is 0.500. The van der Waals surface area contributed by atoms with Crippen LogP contribution in [0.25, 0.3) is 0 Å². The molecule has 7 nitrogen and oxygen atoms in total. The molecular weight excluding hydrogens is 152 g/mol. The number of nitrogens with zero attached hydrogens (tertiary/aromatic N) is 4. The predicted octanol–water partition coefficient (Wildman–Crippen LogP) is -0.704. The lowest BCUT2D eigenvalue weighted by Crippen LogP contribution is -2.14. The molecule has 1 aromatic rings. The summed E-state index contributed by atoms with van der Waals surface area (Å²) in [5.41, 5.74) is 0. The number of hydrogen-bond donors (Lipinski definition) is 0. The predicted molar refractivity (Wildman–Crippen MR) is 32.2 cm³/mol. The van der Waals surface area contributed by atoms with Crippen LogP contribution in [0.2, 0.25) is 0 Å². The zero-order valence-corrected chi connectivity index (χ0v) is 6.01. The number of carbonyl (C=O) groups excluding carboxylic acids is 1. The van der Waals surface area contributed by atoms with Gasteiger partial charge < -0.3 is 9.47 Å². The molecule has 0 unspecified atom stereocenters. The van der Waals surface area contributed by atoms with E-state index >= 15 is 0 Å². The molecule has 0 aliphatic rings. The minimum absolute atomic E-state index is 0.0235. The number of ether oxygens (including phenoxy) is 2. The lowest BCUT2D eigenvalue weighted by atomic mass is 11.2. The van der Waals surface area contributed by atoms with Crippen molar-refractivity contribution in [3.05, 3.63) is 0 Å². The summed E-state index contributed by atoms with van der Waals surface area (Å²) in [5.74, 6) is 0. The zero-order chi connectivity index (χ0) is 8.27. The molecule has 0 aromatic carbocycles. The highest BCUT2D eigenvalue weighted by atomic mass is 16.5. The molecule has 0 aliphatic carbocycles. The molecule has 0 amide bonds. The van der Waals surface area contributed by atoms with Crippen molar-refractivity contribution in [1.82, 2.24) is 20.2 Å². The molecule has 0 saturated carbocycles. The Morgan fingerprint density at radius 1 is 1.55 bits per heavy atom. The smallest absolute Gasteiger partial charge is 0.453 e. The summed E-state index contributed by atoms with van der Waals surface area (Å²) in [6.07, 6.45) is -0.708. The van der Waals surface area contributed by atoms with Crippen molar-refractivity contribution in [3.8, 4) is 6.01 Å². The molecule has 0 N–H and O–H groups in total. The van der Waals surface area contributed by atoms with Crippen molar-refractivity contribution in [2.24, 2.45) is 0 Å². The lowest BCUT2D eigenvalue weighted by molar-refractivity contribution is 0.164. The van der Waals surface area contributed by atoms with E-state index in [-0.39, 0.29) is 6.01 Å². The van der Waals surface area contributed by atoms with Crippen LogP contribution in [0.3, 0.4) is 0 Å². The van der Waals surface area contributed by atoms with Gasteiger partial charge in [-0.15, -0.1) is 0 Å². The molecule has 0 spiro atoms. The van der Waals surface area contributed by atoms with Crippen LogP contribution in [0.1, 0.15) is 0 Å². The van der Waals surface area contributed by atoms with E-state index in [1.807, 2.05) is 0 Å². The Hall–Kier alpha value is -1.66. The molecule has 0 saturated heterocycles. The zero-order valence-electron chi connectivity index (χ0n) is 6.01. The van der Waals surface area contributed by atoms with Gasteiger partial charge in [-0.3, -0.25) is 0 Å². The van der Waals surface area contributed by atoms with Crippen LogP contribution in [0.15, 0.2) is 0 Å². The maximum atomic E-state index is 10.7. The second-order valence-corrected chi connectivity index (χ2v) is 1.54. The molecule has 0 radical (unpaired) electrons. The third-order valence-corrected chi connectivity index (χ3v) is 0.916. The minimum Gasteiger partial charge on any atom is -0.465 e. The van der Waals surface area contributed by atoms with Gasteiger partial charge in [0.05, 0.1) is 14.2 Å². The maximum Gasteiger partial charge on any atom is 0.453 e. The van der Waals surface area contributed by atoms with Crippen molar-refractivity contribution in [3.63, 3.8) is 0 Å². The fourth-order valence-electron chi connectivity index (χ4n) is 0.442. The molecule has 1 rings (SSSR count). The summed E-state index contributed by atoms with van der Waals surface area (Å²) >= 11 is 0. The Balaban J connectivity index is 2.80. The van der Waals surface area contributed by atoms with E-state index in [1.54, 1.807) is 0 Å². The quantitative estimate of drug-likeness (QED) is 0.537. The summed E-state index contributed by atoms with van der Waals surface area (Å²) in [6, 6.07) is 0.0235. The molecule has 0 bridgehead atoms. The van der Waals surface area contributed by atoms with Crippen LogP contribution < -0.4 is 4.74 Å². The van der Waals surface area contributed by atoms with Gasteiger partial charge in [0.15, 0.2) is 0 Å². The van der Waals surface area contributed by atoms with Crippen molar-refractivity contribution in [2.45, 2.75) is 0 Å². The average Bonchev–Trinajstić information content (AvgIpc) is 2.50. The summed E-state index contributed by atoms with van der Waals surface area (Å²) in [5, 5.41) is 10.2. The SMILES string of the molecule is COC(=O)n1nnc(OC)n1. The molecule has 60 valence electrons. The van der Waals surface area contributed by atoms with Gasteiger partial charge in [-0.25, -0.2) is 4.79 Å². The normalized spacial score (nSPS) is 9.27. The van der Waals surface area contributed by atoms with E-state index in [1.165, 1.54) is 14.2 Å². The van der Waals surface area contributed by atoms with E-state index in [0.717, 1.165) is 0 Å². The molecule has 1 aromatic heterocycles. The third-order valence-electron chi connectivity index (χ3n) is 0.916. The molecular formula is C4H6N4O3. The highest BCUT2D eigenvalue weighted by Crippen LogP contribution is 1.94. The van der Waals surface area contributed by atoms with E-state index in [4.69, 9.17) is 0 Å². The molecule has 11 heavy (non-hydrogen) atoms. The largest absolute Gasteiger partial charge is 0.465 e. The van der Waals surface area contributed by atoms with Crippen LogP contribution in [0.5, 0.6) is 6.01 Å². The Kier molecular flexibility index (Phi) is 2.00. The van der Waals surface area contributed by atoms with Gasteiger partial charge in [0.2, 0.25) is 0 Å². The van der Waals surface area contributed by atoms with E-state index < -0.39 is 6.09 Å². The van der Waals surface area contributed by atoms with Gasteiger partial charge in [-0.1, -0.05) is 15.0 Å². The first kappa shape index (κ1) is 7.45. The van der Waals surface area contributed by atoms with Crippen LogP contribution in [0.4, 0.5) is 4.79 Å². The minimum atomic E-state index is -0.708. The molecule has 0 fully saturated rings. The van der Waals surface area contributed by atoms with E-state index in [2.05, 4.69) is 24.9 Å². The maximum absolute atomic E-state index is 10.7. The average molecular weight is 158 g/mol. The van der Waals surface area contributed by atoms with Gasteiger partial charge in [0, 0.05) is 0 Å². The standard InChI is InChI=1S/C4H6N4O3/c1-10-3-5-7-8(6-3)4(9)11-2/h1-2H3. The highest BCUT2D eigenvalue weighted by Gasteiger charge is 2.08. The third kappa shape index (κ3) is 1.42. The van der Waals surface area contributed by atoms with Crippen LogP contribution in [-0.4, -0.2) is 40.5 Å². The van der Waals surface area contributed by atoms with Crippen LogP contribution in [0, 0.1) is 0 Å². The molecule has 0 atom stereocenters. The summed E-state index contributed by atoms with van der Waals surface area (Å²) in [4.78, 5) is 11.4. The first-order valence-electron chi connectivity index (χ1n) is 2.70. The Labute approximate surface area is 61.9 Å². The van der Waals surface area contributed by atoms with Gasteiger partial charge >= 0.3 is 12.1 Å². The summed E-state index contributed by atoms with van der Waals surface area (Å²) in [7, 11) is 2.59. The lowest BCUT2D eigenvalue weighted by Gasteiger charge is -1.91. The monoisotopic (exact) mass is 158 g/mol. The molecule has 0 aliphatic heterocycles. The number of tetrazole rings is 1. The Morgan fingerprint density at radius 3 is 2.73 bits per heavy atom. The number of carbonyl (C=O) groups is 1.